The highest BCUT2D eigenvalue weighted by Gasteiger charge is 2.19. The summed E-state index contributed by atoms with van der Waals surface area (Å²) in [4.78, 5) is 7.40. The third-order valence-corrected chi connectivity index (χ3v) is 4.96. The number of piperidine rings is 1. The van der Waals surface area contributed by atoms with Gasteiger partial charge in [-0.25, -0.2) is 0 Å². The van der Waals surface area contributed by atoms with E-state index >= 15 is 0 Å². The minimum Gasteiger partial charge on any atom is -0.357 e. The van der Waals surface area contributed by atoms with E-state index in [0.29, 0.717) is 12.0 Å². The van der Waals surface area contributed by atoms with Crippen molar-refractivity contribution in [3.8, 4) is 0 Å². The van der Waals surface area contributed by atoms with Crippen LogP contribution >= 0.6 is 0 Å². The Bertz CT molecular complexity index is 557. The summed E-state index contributed by atoms with van der Waals surface area (Å²) in [7, 11) is 0. The summed E-state index contributed by atoms with van der Waals surface area (Å²) in [6.07, 6.45) is 3.65. The Labute approximate surface area is 159 Å². The normalized spacial score (nSPS) is 18.1. The minimum atomic E-state index is 0.454. The van der Waals surface area contributed by atoms with Gasteiger partial charge < -0.3 is 15.5 Å². The third kappa shape index (κ3) is 6.63. The molecule has 1 aromatic rings. The number of aryl methyl sites for hydroxylation is 2. The van der Waals surface area contributed by atoms with Crippen LogP contribution in [-0.2, 0) is 6.54 Å². The Balaban J connectivity index is 1.83. The molecule has 2 N–H and O–H groups in total. The first kappa shape index (κ1) is 20.7. The molecule has 1 aliphatic heterocycles. The van der Waals surface area contributed by atoms with Gasteiger partial charge in [-0.3, -0.25) is 9.67 Å². The van der Waals surface area contributed by atoms with E-state index in [1.807, 2.05) is 6.92 Å². The van der Waals surface area contributed by atoms with Crippen molar-refractivity contribution in [1.82, 2.24) is 25.3 Å². The van der Waals surface area contributed by atoms with Gasteiger partial charge in [0.15, 0.2) is 5.96 Å². The number of nitrogens with zero attached hydrogens (tertiary/aromatic N) is 4. The van der Waals surface area contributed by atoms with Gasteiger partial charge in [-0.05, 0) is 58.6 Å². The fourth-order valence-electron chi connectivity index (χ4n) is 3.59. The molecule has 1 unspecified atom stereocenters. The molecule has 1 aliphatic rings. The molecule has 1 fully saturated rings. The summed E-state index contributed by atoms with van der Waals surface area (Å²) in [5, 5.41) is 11.6. The van der Waals surface area contributed by atoms with Crippen LogP contribution < -0.4 is 10.6 Å². The smallest absolute Gasteiger partial charge is 0.191 e. The number of guanidine groups is 1. The SMILES string of the molecule is CCCN1CCC(NC(=NCC(C)Cn2nc(C)cc2C)NCC)CC1. The number of hydrogen-bond acceptors (Lipinski definition) is 3. The fourth-order valence-corrected chi connectivity index (χ4v) is 3.59. The number of hydrogen-bond donors (Lipinski definition) is 2. The molecule has 0 bridgehead atoms. The highest BCUT2D eigenvalue weighted by molar-refractivity contribution is 5.80. The van der Waals surface area contributed by atoms with E-state index < -0.39 is 0 Å². The lowest BCUT2D eigenvalue weighted by molar-refractivity contribution is 0.206. The van der Waals surface area contributed by atoms with Crippen molar-refractivity contribution < 1.29 is 0 Å². The Kier molecular flexibility index (Phi) is 8.42. The van der Waals surface area contributed by atoms with Crippen molar-refractivity contribution in [3.05, 3.63) is 17.5 Å². The number of rotatable bonds is 8. The summed E-state index contributed by atoms with van der Waals surface area (Å²) in [6.45, 7) is 17.0. The Morgan fingerprint density at radius 2 is 2.04 bits per heavy atom. The zero-order chi connectivity index (χ0) is 18.9. The summed E-state index contributed by atoms with van der Waals surface area (Å²) in [6, 6.07) is 2.67. The molecule has 0 radical (unpaired) electrons. The molecule has 2 heterocycles. The zero-order valence-electron chi connectivity index (χ0n) is 17.4. The molecule has 0 aliphatic carbocycles. The molecule has 6 nitrogen and oxygen atoms in total. The van der Waals surface area contributed by atoms with E-state index in [4.69, 9.17) is 4.99 Å². The zero-order valence-corrected chi connectivity index (χ0v) is 17.4. The van der Waals surface area contributed by atoms with E-state index in [1.165, 1.54) is 44.6 Å². The van der Waals surface area contributed by atoms with E-state index in [2.05, 4.69) is 59.1 Å². The van der Waals surface area contributed by atoms with Gasteiger partial charge in [0.25, 0.3) is 0 Å². The molecule has 1 atom stereocenters. The molecular weight excluding hydrogens is 324 g/mol. The van der Waals surface area contributed by atoms with Crippen LogP contribution in [0.4, 0.5) is 0 Å². The summed E-state index contributed by atoms with van der Waals surface area (Å²) in [5.74, 6) is 1.41. The second-order valence-corrected chi connectivity index (χ2v) is 7.69. The largest absolute Gasteiger partial charge is 0.357 e. The molecular formula is C20H38N6. The number of aliphatic imine (C=N–C) groups is 1. The van der Waals surface area contributed by atoms with Gasteiger partial charge in [0, 0.05) is 44.5 Å². The summed E-state index contributed by atoms with van der Waals surface area (Å²) >= 11 is 0. The van der Waals surface area contributed by atoms with Gasteiger partial charge in [0.05, 0.1) is 5.69 Å². The van der Waals surface area contributed by atoms with Gasteiger partial charge >= 0.3 is 0 Å². The minimum absolute atomic E-state index is 0.454. The van der Waals surface area contributed by atoms with Gasteiger partial charge in [0.2, 0.25) is 0 Å². The van der Waals surface area contributed by atoms with E-state index in [0.717, 1.165) is 31.3 Å². The van der Waals surface area contributed by atoms with Crippen LogP contribution in [0.15, 0.2) is 11.1 Å². The Morgan fingerprint density at radius 3 is 2.62 bits per heavy atom. The second-order valence-electron chi connectivity index (χ2n) is 7.69. The highest BCUT2D eigenvalue weighted by Crippen LogP contribution is 2.11. The molecule has 2 rings (SSSR count). The van der Waals surface area contributed by atoms with Gasteiger partial charge in [0.1, 0.15) is 0 Å². The molecule has 0 aromatic carbocycles. The average Bonchev–Trinajstić information content (AvgIpc) is 2.92. The van der Waals surface area contributed by atoms with Gasteiger partial charge in [-0.15, -0.1) is 0 Å². The van der Waals surface area contributed by atoms with Crippen molar-refractivity contribution in [3.63, 3.8) is 0 Å². The van der Waals surface area contributed by atoms with E-state index in [9.17, 15) is 0 Å². The maximum absolute atomic E-state index is 4.84. The standard InChI is InChI=1S/C20H38N6/c1-6-10-25-11-8-19(9-12-25)23-20(21-7-2)22-14-16(3)15-26-18(5)13-17(4)24-26/h13,16,19H,6-12,14-15H2,1-5H3,(H2,21,22,23). The van der Waals surface area contributed by atoms with Gasteiger partial charge in [-0.1, -0.05) is 13.8 Å². The number of nitrogens with one attached hydrogen (secondary N) is 2. The maximum atomic E-state index is 4.84. The van der Waals surface area contributed by atoms with Crippen LogP contribution in [0.3, 0.4) is 0 Å². The molecule has 1 aromatic heterocycles. The molecule has 0 spiro atoms. The second kappa shape index (κ2) is 10.6. The summed E-state index contributed by atoms with van der Waals surface area (Å²) < 4.78 is 2.10. The van der Waals surface area contributed by atoms with Gasteiger partial charge in [-0.2, -0.15) is 5.10 Å². The first-order valence-corrected chi connectivity index (χ1v) is 10.3. The van der Waals surface area contributed by atoms with Crippen LogP contribution in [0, 0.1) is 19.8 Å². The van der Waals surface area contributed by atoms with Crippen LogP contribution in [0.5, 0.6) is 0 Å². The molecule has 6 heteroatoms. The topological polar surface area (TPSA) is 57.5 Å². The lowest BCUT2D eigenvalue weighted by atomic mass is 10.1. The molecule has 0 amide bonds. The van der Waals surface area contributed by atoms with E-state index in [-0.39, 0.29) is 0 Å². The van der Waals surface area contributed by atoms with E-state index in [1.54, 1.807) is 0 Å². The third-order valence-electron chi connectivity index (χ3n) is 4.96. The fraction of sp³-hybridized carbons (Fsp3) is 0.800. The Hall–Kier alpha value is -1.56. The van der Waals surface area contributed by atoms with Crippen LogP contribution in [0.25, 0.3) is 0 Å². The highest BCUT2D eigenvalue weighted by atomic mass is 15.3. The van der Waals surface area contributed by atoms with Crippen molar-refractivity contribution in [2.45, 2.75) is 66.5 Å². The molecule has 1 saturated heterocycles. The maximum Gasteiger partial charge on any atom is 0.191 e. The van der Waals surface area contributed by atoms with Crippen molar-refractivity contribution >= 4 is 5.96 Å². The van der Waals surface area contributed by atoms with Crippen LogP contribution in [0.1, 0.15) is 51.4 Å². The first-order chi connectivity index (χ1) is 12.5. The van der Waals surface area contributed by atoms with Crippen molar-refractivity contribution in [2.24, 2.45) is 10.9 Å². The summed E-state index contributed by atoms with van der Waals surface area (Å²) in [5.41, 5.74) is 2.31. The lowest BCUT2D eigenvalue weighted by Gasteiger charge is -2.32. The average molecular weight is 363 g/mol. The number of aromatic nitrogens is 2. The Morgan fingerprint density at radius 1 is 1.31 bits per heavy atom. The monoisotopic (exact) mass is 362 g/mol. The first-order valence-electron chi connectivity index (χ1n) is 10.3. The predicted molar refractivity (Wildman–Crippen MR) is 110 cm³/mol. The van der Waals surface area contributed by atoms with Crippen LogP contribution in [0.2, 0.25) is 0 Å². The number of likely N-dealkylation sites (tertiary alicyclic amines) is 1. The van der Waals surface area contributed by atoms with Crippen LogP contribution in [-0.4, -0.2) is 59.4 Å². The quantitative estimate of drug-likeness (QED) is 0.551. The predicted octanol–water partition coefficient (Wildman–Crippen LogP) is 2.57. The lowest BCUT2D eigenvalue weighted by Crippen LogP contribution is -2.48. The van der Waals surface area contributed by atoms with Crippen molar-refractivity contribution in [1.29, 1.82) is 0 Å². The molecule has 0 saturated carbocycles. The molecule has 148 valence electrons. The van der Waals surface area contributed by atoms with Crippen molar-refractivity contribution in [2.75, 3.05) is 32.7 Å². The molecule has 26 heavy (non-hydrogen) atoms.